The topological polar surface area (TPSA) is 35.5 Å². The van der Waals surface area contributed by atoms with Gasteiger partial charge >= 0.3 is 0 Å². The molecule has 112 valence electrons. The first-order valence-electron chi connectivity index (χ1n) is 8.15. The van der Waals surface area contributed by atoms with Crippen LogP contribution in [0.2, 0.25) is 0 Å². The first-order valence-corrected chi connectivity index (χ1v) is 8.15. The van der Waals surface area contributed by atoms with Crippen molar-refractivity contribution >= 4 is 6.29 Å². The number of hydrogen-bond donors (Lipinski definition) is 0. The molecule has 0 N–H and O–H groups in total. The zero-order valence-electron chi connectivity index (χ0n) is 12.3. The largest absolute Gasteiger partial charge is 0.347 e. The SMILES string of the molecule is O=CC1c2ccccc2CC[C@H]2[C@H]1CCCC21OCCO1. The highest BCUT2D eigenvalue weighted by Crippen LogP contribution is 2.51. The van der Waals surface area contributed by atoms with Crippen LogP contribution in [-0.4, -0.2) is 25.3 Å². The van der Waals surface area contributed by atoms with E-state index in [0.717, 1.165) is 38.4 Å². The second-order valence-electron chi connectivity index (χ2n) is 6.57. The molecule has 1 aromatic rings. The van der Waals surface area contributed by atoms with Crippen LogP contribution in [0.15, 0.2) is 24.3 Å². The maximum Gasteiger partial charge on any atom is 0.171 e. The summed E-state index contributed by atoms with van der Waals surface area (Å²) in [5, 5.41) is 0. The van der Waals surface area contributed by atoms with Gasteiger partial charge in [0.25, 0.3) is 0 Å². The molecule has 2 aliphatic carbocycles. The molecule has 0 bridgehead atoms. The molecule has 3 aliphatic rings. The fourth-order valence-corrected chi connectivity index (χ4v) is 4.79. The summed E-state index contributed by atoms with van der Waals surface area (Å²) in [6.07, 6.45) is 6.43. The summed E-state index contributed by atoms with van der Waals surface area (Å²) in [5.74, 6) is 0.291. The normalized spacial score (nSPS) is 34.0. The van der Waals surface area contributed by atoms with Crippen LogP contribution in [0.3, 0.4) is 0 Å². The molecule has 4 rings (SSSR count). The molecule has 0 radical (unpaired) electrons. The molecule has 0 aromatic heterocycles. The first kappa shape index (κ1) is 13.5. The summed E-state index contributed by atoms with van der Waals surface area (Å²) < 4.78 is 12.1. The van der Waals surface area contributed by atoms with E-state index in [2.05, 4.69) is 24.3 Å². The summed E-state index contributed by atoms with van der Waals surface area (Å²) in [7, 11) is 0. The van der Waals surface area contributed by atoms with Gasteiger partial charge in [0.15, 0.2) is 5.79 Å². The van der Waals surface area contributed by atoms with E-state index in [0.29, 0.717) is 25.0 Å². The van der Waals surface area contributed by atoms with Crippen LogP contribution in [-0.2, 0) is 20.7 Å². The smallest absolute Gasteiger partial charge is 0.171 e. The van der Waals surface area contributed by atoms with Gasteiger partial charge in [-0.25, -0.2) is 0 Å². The molecule has 1 saturated heterocycles. The molecular formula is C18H22O3. The number of carbonyl (C=O) groups is 1. The monoisotopic (exact) mass is 286 g/mol. The number of fused-ring (bicyclic) bond motifs is 3. The van der Waals surface area contributed by atoms with Crippen molar-refractivity contribution in [2.75, 3.05) is 13.2 Å². The van der Waals surface area contributed by atoms with Gasteiger partial charge in [0, 0.05) is 18.3 Å². The third-order valence-electron chi connectivity index (χ3n) is 5.67. The molecule has 2 fully saturated rings. The Balaban J connectivity index is 1.75. The first-order chi connectivity index (χ1) is 10.3. The van der Waals surface area contributed by atoms with E-state index >= 15 is 0 Å². The number of aldehydes is 1. The van der Waals surface area contributed by atoms with Crippen LogP contribution >= 0.6 is 0 Å². The Kier molecular flexibility index (Phi) is 3.35. The van der Waals surface area contributed by atoms with E-state index in [1.54, 1.807) is 0 Å². The summed E-state index contributed by atoms with van der Waals surface area (Å²) in [4.78, 5) is 11.9. The Morgan fingerprint density at radius 3 is 2.76 bits per heavy atom. The van der Waals surface area contributed by atoms with E-state index in [-0.39, 0.29) is 5.92 Å². The Morgan fingerprint density at radius 1 is 1.14 bits per heavy atom. The van der Waals surface area contributed by atoms with Gasteiger partial charge in [-0.2, -0.15) is 0 Å². The fraction of sp³-hybridized carbons (Fsp3) is 0.611. The standard InChI is InChI=1S/C18H22O3/c19-12-16-14-5-2-1-4-13(14)7-8-17-15(16)6-3-9-18(17)20-10-11-21-18/h1-2,4-5,12,15-17H,3,6-11H2/t15-,16?,17-/m0/s1. The molecule has 1 saturated carbocycles. The zero-order valence-corrected chi connectivity index (χ0v) is 12.3. The lowest BCUT2D eigenvalue weighted by atomic mass is 9.68. The predicted molar refractivity (Wildman–Crippen MR) is 79.0 cm³/mol. The molecule has 3 nitrogen and oxygen atoms in total. The molecule has 0 amide bonds. The zero-order chi connectivity index (χ0) is 14.3. The van der Waals surface area contributed by atoms with Crippen molar-refractivity contribution in [2.45, 2.75) is 43.8 Å². The number of benzene rings is 1. The van der Waals surface area contributed by atoms with Crippen molar-refractivity contribution in [1.82, 2.24) is 0 Å². The van der Waals surface area contributed by atoms with Crippen LogP contribution in [0.1, 0.15) is 42.7 Å². The Bertz CT molecular complexity index is 533. The molecule has 1 aliphatic heterocycles. The van der Waals surface area contributed by atoms with Crippen molar-refractivity contribution in [3.8, 4) is 0 Å². The molecule has 1 aromatic carbocycles. The van der Waals surface area contributed by atoms with Crippen molar-refractivity contribution in [1.29, 1.82) is 0 Å². The molecular weight excluding hydrogens is 264 g/mol. The van der Waals surface area contributed by atoms with Gasteiger partial charge in [-0.15, -0.1) is 0 Å². The van der Waals surface area contributed by atoms with Crippen LogP contribution in [0.5, 0.6) is 0 Å². The van der Waals surface area contributed by atoms with Crippen LogP contribution in [0.4, 0.5) is 0 Å². The molecule has 1 spiro atoms. The van der Waals surface area contributed by atoms with Gasteiger partial charge in [0.05, 0.1) is 13.2 Å². The minimum atomic E-state index is -0.410. The van der Waals surface area contributed by atoms with E-state index in [4.69, 9.17) is 9.47 Å². The van der Waals surface area contributed by atoms with Crippen molar-refractivity contribution in [2.24, 2.45) is 11.8 Å². The van der Waals surface area contributed by atoms with Gasteiger partial charge in [-0.3, -0.25) is 0 Å². The summed E-state index contributed by atoms with van der Waals surface area (Å²) in [6, 6.07) is 8.44. The van der Waals surface area contributed by atoms with Gasteiger partial charge in [0.2, 0.25) is 0 Å². The minimum absolute atomic E-state index is 0.00123. The lowest BCUT2D eigenvalue weighted by Gasteiger charge is -2.45. The number of hydrogen-bond acceptors (Lipinski definition) is 3. The second-order valence-corrected chi connectivity index (χ2v) is 6.57. The molecule has 3 atom stereocenters. The fourth-order valence-electron chi connectivity index (χ4n) is 4.79. The molecule has 3 heteroatoms. The highest BCUT2D eigenvalue weighted by Gasteiger charge is 2.52. The van der Waals surface area contributed by atoms with Crippen LogP contribution in [0, 0.1) is 11.8 Å². The molecule has 1 unspecified atom stereocenters. The van der Waals surface area contributed by atoms with Crippen LogP contribution < -0.4 is 0 Å². The van der Waals surface area contributed by atoms with Crippen LogP contribution in [0.25, 0.3) is 0 Å². The summed E-state index contributed by atoms with van der Waals surface area (Å²) >= 11 is 0. The van der Waals surface area contributed by atoms with Gasteiger partial charge < -0.3 is 14.3 Å². The summed E-state index contributed by atoms with van der Waals surface area (Å²) in [5.41, 5.74) is 2.56. The Labute approximate surface area is 125 Å². The third-order valence-corrected chi connectivity index (χ3v) is 5.67. The Hall–Kier alpha value is -1.19. The average Bonchev–Trinajstić information content (AvgIpc) is 2.90. The lowest BCUT2D eigenvalue weighted by Crippen LogP contribution is -2.47. The van der Waals surface area contributed by atoms with E-state index in [9.17, 15) is 4.79 Å². The van der Waals surface area contributed by atoms with Gasteiger partial charge in [-0.05, 0) is 42.7 Å². The minimum Gasteiger partial charge on any atom is -0.347 e. The lowest BCUT2D eigenvalue weighted by molar-refractivity contribution is -0.228. The number of rotatable bonds is 1. The van der Waals surface area contributed by atoms with Crippen molar-refractivity contribution < 1.29 is 14.3 Å². The van der Waals surface area contributed by atoms with E-state index in [1.807, 2.05) is 0 Å². The van der Waals surface area contributed by atoms with Gasteiger partial charge in [0.1, 0.15) is 6.29 Å². The molecule has 1 heterocycles. The second kappa shape index (κ2) is 5.22. The van der Waals surface area contributed by atoms with Crippen molar-refractivity contribution in [3.63, 3.8) is 0 Å². The average molecular weight is 286 g/mol. The van der Waals surface area contributed by atoms with E-state index in [1.165, 1.54) is 11.1 Å². The van der Waals surface area contributed by atoms with Crippen molar-refractivity contribution in [3.05, 3.63) is 35.4 Å². The maximum absolute atomic E-state index is 11.9. The molecule has 21 heavy (non-hydrogen) atoms. The number of ether oxygens (including phenoxy) is 2. The number of aryl methyl sites for hydroxylation is 1. The van der Waals surface area contributed by atoms with E-state index < -0.39 is 5.79 Å². The highest BCUT2D eigenvalue weighted by atomic mass is 16.7. The summed E-state index contributed by atoms with van der Waals surface area (Å²) in [6.45, 7) is 1.39. The quantitative estimate of drug-likeness (QED) is 0.744. The van der Waals surface area contributed by atoms with Gasteiger partial charge in [-0.1, -0.05) is 24.3 Å². The maximum atomic E-state index is 11.9. The highest BCUT2D eigenvalue weighted by molar-refractivity contribution is 5.64. The predicted octanol–water partition coefficient (Wildman–Crippen LogP) is 3.07. The Morgan fingerprint density at radius 2 is 1.95 bits per heavy atom. The number of carbonyl (C=O) groups excluding carboxylic acids is 1. The third kappa shape index (κ3) is 2.06.